The highest BCUT2D eigenvalue weighted by Gasteiger charge is 2.52. The van der Waals surface area contributed by atoms with Crippen molar-refractivity contribution >= 4 is 16.7 Å². The maximum Gasteiger partial charge on any atom is 0.409 e. The molecule has 7 heteroatoms. The van der Waals surface area contributed by atoms with Gasteiger partial charge in [-0.15, -0.1) is 0 Å². The first-order chi connectivity index (χ1) is 11.6. The van der Waals surface area contributed by atoms with Gasteiger partial charge in [0.1, 0.15) is 0 Å². The first-order valence-corrected chi connectivity index (χ1v) is 7.72. The molecular weight excluding hydrogens is 331 g/mol. The smallest absolute Gasteiger partial charge is 0.287 e. The average molecular weight is 347 g/mol. The summed E-state index contributed by atoms with van der Waals surface area (Å²) in [6.45, 7) is 3.19. The van der Waals surface area contributed by atoms with E-state index < -0.39 is 23.7 Å². The molecule has 1 atom stereocenters. The second-order valence-electron chi connectivity index (χ2n) is 6.74. The SMILES string of the molecule is CC1(C)CC(=O)NN1[C@@H](c1ccc2c(C#N)cccc2c1)C(F)(F)F. The lowest BCUT2D eigenvalue weighted by atomic mass is 9.95. The van der Waals surface area contributed by atoms with Crippen LogP contribution in [0.5, 0.6) is 0 Å². The van der Waals surface area contributed by atoms with Crippen LogP contribution in [-0.2, 0) is 4.79 Å². The molecule has 0 spiro atoms. The molecule has 130 valence electrons. The summed E-state index contributed by atoms with van der Waals surface area (Å²) in [4.78, 5) is 11.7. The zero-order valence-corrected chi connectivity index (χ0v) is 13.7. The Labute approximate surface area is 142 Å². The molecule has 2 aromatic rings. The monoisotopic (exact) mass is 347 g/mol. The van der Waals surface area contributed by atoms with Crippen molar-refractivity contribution in [3.05, 3.63) is 47.5 Å². The second-order valence-corrected chi connectivity index (χ2v) is 6.74. The van der Waals surface area contributed by atoms with Gasteiger partial charge in [-0.2, -0.15) is 23.4 Å². The van der Waals surface area contributed by atoms with E-state index in [0.29, 0.717) is 16.3 Å². The highest BCUT2D eigenvalue weighted by Crippen LogP contribution is 2.43. The summed E-state index contributed by atoms with van der Waals surface area (Å²) in [6, 6.07) is 9.29. The molecule has 1 fully saturated rings. The van der Waals surface area contributed by atoms with Gasteiger partial charge in [-0.05, 0) is 42.3 Å². The third-order valence-electron chi connectivity index (χ3n) is 4.40. The van der Waals surface area contributed by atoms with E-state index >= 15 is 0 Å². The fourth-order valence-electron chi connectivity index (χ4n) is 3.27. The first-order valence-electron chi connectivity index (χ1n) is 7.72. The van der Waals surface area contributed by atoms with Crippen LogP contribution in [0.25, 0.3) is 10.8 Å². The van der Waals surface area contributed by atoms with Gasteiger partial charge in [0.05, 0.1) is 11.6 Å². The van der Waals surface area contributed by atoms with E-state index in [-0.39, 0.29) is 12.0 Å². The van der Waals surface area contributed by atoms with Crippen molar-refractivity contribution < 1.29 is 18.0 Å². The van der Waals surface area contributed by atoms with Gasteiger partial charge in [0.15, 0.2) is 6.04 Å². The summed E-state index contributed by atoms with van der Waals surface area (Å²) >= 11 is 0. The van der Waals surface area contributed by atoms with Crippen LogP contribution < -0.4 is 5.43 Å². The Morgan fingerprint density at radius 1 is 1.28 bits per heavy atom. The minimum absolute atomic E-state index is 0.00819. The molecule has 25 heavy (non-hydrogen) atoms. The van der Waals surface area contributed by atoms with E-state index in [0.717, 1.165) is 5.01 Å². The Morgan fingerprint density at radius 2 is 2.00 bits per heavy atom. The predicted octanol–water partition coefficient (Wildman–Crippen LogP) is 3.83. The standard InChI is InChI=1S/C18H16F3N3O/c1-17(2)9-15(25)23-24(17)16(18(19,20)21)12-6-7-14-11(8-12)4-3-5-13(14)10-22/h3-8,16H,9H2,1-2H3,(H,23,25)/t16-/m0/s1. The summed E-state index contributed by atoms with van der Waals surface area (Å²) < 4.78 is 41.5. The van der Waals surface area contributed by atoms with E-state index in [4.69, 9.17) is 5.26 Å². The van der Waals surface area contributed by atoms with Gasteiger partial charge in [0, 0.05) is 12.0 Å². The number of carbonyl (C=O) groups is 1. The molecule has 1 saturated heterocycles. The minimum Gasteiger partial charge on any atom is -0.287 e. The Morgan fingerprint density at radius 3 is 2.56 bits per heavy atom. The lowest BCUT2D eigenvalue weighted by molar-refractivity contribution is -0.203. The van der Waals surface area contributed by atoms with Crippen LogP contribution in [0, 0.1) is 11.3 Å². The molecule has 1 N–H and O–H groups in total. The molecule has 0 aliphatic carbocycles. The zero-order chi connectivity index (χ0) is 18.4. The molecule has 0 aromatic heterocycles. The molecule has 1 heterocycles. The van der Waals surface area contributed by atoms with Crippen LogP contribution in [0.1, 0.15) is 37.4 Å². The van der Waals surface area contributed by atoms with Gasteiger partial charge < -0.3 is 0 Å². The van der Waals surface area contributed by atoms with E-state index in [1.54, 1.807) is 32.0 Å². The number of amides is 1. The molecule has 0 unspecified atom stereocenters. The van der Waals surface area contributed by atoms with Crippen molar-refractivity contribution in [1.29, 1.82) is 5.26 Å². The number of hydrogen-bond donors (Lipinski definition) is 1. The van der Waals surface area contributed by atoms with E-state index in [1.807, 2.05) is 6.07 Å². The van der Waals surface area contributed by atoms with Crippen molar-refractivity contribution in [2.45, 2.75) is 38.0 Å². The number of alkyl halides is 3. The van der Waals surface area contributed by atoms with Crippen molar-refractivity contribution in [3.8, 4) is 6.07 Å². The topological polar surface area (TPSA) is 56.1 Å². The highest BCUT2D eigenvalue weighted by atomic mass is 19.4. The summed E-state index contributed by atoms with van der Waals surface area (Å²) in [5.41, 5.74) is 1.79. The summed E-state index contributed by atoms with van der Waals surface area (Å²) in [6.07, 6.45) is -4.58. The van der Waals surface area contributed by atoms with Crippen molar-refractivity contribution in [2.75, 3.05) is 0 Å². The minimum atomic E-state index is -4.57. The number of nitrogens with zero attached hydrogens (tertiary/aromatic N) is 2. The van der Waals surface area contributed by atoms with E-state index in [9.17, 15) is 18.0 Å². The third kappa shape index (κ3) is 3.05. The number of hydrogen-bond acceptors (Lipinski definition) is 3. The van der Waals surface area contributed by atoms with Crippen LogP contribution in [0.15, 0.2) is 36.4 Å². The number of fused-ring (bicyclic) bond motifs is 1. The Hall–Kier alpha value is -2.59. The normalized spacial score (nSPS) is 18.8. The average Bonchev–Trinajstić information content (AvgIpc) is 2.77. The number of nitriles is 1. The molecular formula is C18H16F3N3O. The molecule has 0 saturated carbocycles. The Balaban J connectivity index is 2.14. The van der Waals surface area contributed by atoms with Gasteiger partial charge in [-0.25, -0.2) is 0 Å². The van der Waals surface area contributed by atoms with Gasteiger partial charge in [-0.1, -0.05) is 24.3 Å². The lowest BCUT2D eigenvalue weighted by Crippen LogP contribution is -2.51. The largest absolute Gasteiger partial charge is 0.409 e. The summed E-state index contributed by atoms with van der Waals surface area (Å²) in [7, 11) is 0. The lowest BCUT2D eigenvalue weighted by Gasteiger charge is -2.38. The molecule has 3 rings (SSSR count). The molecule has 1 amide bonds. The van der Waals surface area contributed by atoms with Crippen LogP contribution in [0.4, 0.5) is 13.2 Å². The van der Waals surface area contributed by atoms with Crippen molar-refractivity contribution in [1.82, 2.24) is 10.4 Å². The molecule has 1 aliphatic rings. The van der Waals surface area contributed by atoms with Crippen molar-refractivity contribution in [2.24, 2.45) is 0 Å². The number of hydrazine groups is 1. The van der Waals surface area contributed by atoms with E-state index in [1.165, 1.54) is 18.2 Å². The van der Waals surface area contributed by atoms with Gasteiger partial charge in [0.2, 0.25) is 5.91 Å². The van der Waals surface area contributed by atoms with Gasteiger partial charge in [-0.3, -0.25) is 10.2 Å². The molecule has 1 aliphatic heterocycles. The molecule has 4 nitrogen and oxygen atoms in total. The maximum absolute atomic E-state index is 13.8. The molecule has 0 bridgehead atoms. The fourth-order valence-corrected chi connectivity index (χ4v) is 3.27. The first kappa shape index (κ1) is 17.2. The zero-order valence-electron chi connectivity index (χ0n) is 13.7. The Bertz CT molecular complexity index is 883. The fraction of sp³-hybridized carbons (Fsp3) is 0.333. The summed E-state index contributed by atoms with van der Waals surface area (Å²) in [5.74, 6) is -0.438. The number of nitrogens with one attached hydrogen (secondary N) is 1. The third-order valence-corrected chi connectivity index (χ3v) is 4.40. The Kier molecular flexibility index (Phi) is 3.96. The molecule has 0 radical (unpaired) electrons. The number of halogens is 3. The van der Waals surface area contributed by atoms with Crippen molar-refractivity contribution in [3.63, 3.8) is 0 Å². The number of carbonyl (C=O) groups excluding carboxylic acids is 1. The second kappa shape index (κ2) is 5.74. The van der Waals surface area contributed by atoms with Crippen LogP contribution in [0.2, 0.25) is 0 Å². The predicted molar refractivity (Wildman–Crippen MR) is 86.1 cm³/mol. The van der Waals surface area contributed by atoms with Crippen LogP contribution in [-0.4, -0.2) is 22.6 Å². The number of benzene rings is 2. The van der Waals surface area contributed by atoms with Gasteiger partial charge in [0.25, 0.3) is 0 Å². The van der Waals surface area contributed by atoms with Crippen LogP contribution >= 0.6 is 0 Å². The van der Waals surface area contributed by atoms with Gasteiger partial charge >= 0.3 is 6.18 Å². The van der Waals surface area contributed by atoms with Crippen LogP contribution in [0.3, 0.4) is 0 Å². The summed E-state index contributed by atoms with van der Waals surface area (Å²) in [5, 5.41) is 11.3. The maximum atomic E-state index is 13.8. The number of rotatable bonds is 2. The highest BCUT2D eigenvalue weighted by molar-refractivity contribution is 5.88. The quantitative estimate of drug-likeness (QED) is 0.898. The van der Waals surface area contributed by atoms with E-state index in [2.05, 4.69) is 5.43 Å². The molecule has 2 aromatic carbocycles.